The average Bonchev–Trinajstić information content (AvgIpc) is 2.02. The largest absolute Gasteiger partial charge is 1.00 e. The fourth-order valence-corrected chi connectivity index (χ4v) is 0.713. The molecule has 0 aliphatic carbocycles. The van der Waals surface area contributed by atoms with Crippen molar-refractivity contribution in [2.75, 3.05) is 33.0 Å². The summed E-state index contributed by atoms with van der Waals surface area (Å²) in [5.41, 5.74) is 6.81. The minimum absolute atomic E-state index is 0. The SMILES string of the molecule is CC(C)CCOCCOCC[NH-].[Rb+]. The molecule has 0 aromatic heterocycles. The smallest absolute Gasteiger partial charge is 0.676 e. The Morgan fingerprint density at radius 2 is 1.54 bits per heavy atom. The summed E-state index contributed by atoms with van der Waals surface area (Å²) in [5, 5.41) is 0. The van der Waals surface area contributed by atoms with Gasteiger partial charge in [-0.05, 0) is 12.3 Å². The van der Waals surface area contributed by atoms with Crippen LogP contribution in [-0.2, 0) is 9.47 Å². The summed E-state index contributed by atoms with van der Waals surface area (Å²) in [6, 6.07) is 0. The first-order chi connectivity index (χ1) is 5.77. The third-order valence-corrected chi connectivity index (χ3v) is 1.46. The van der Waals surface area contributed by atoms with Crippen LogP contribution < -0.4 is 58.2 Å². The molecule has 0 heterocycles. The molecule has 0 aromatic rings. The van der Waals surface area contributed by atoms with Gasteiger partial charge in [-0.3, -0.25) is 0 Å². The van der Waals surface area contributed by atoms with Crippen LogP contribution in [0.25, 0.3) is 5.73 Å². The molecule has 0 saturated heterocycles. The molecule has 0 aromatic carbocycles. The normalized spacial score (nSPS) is 10.2. The Kier molecular flexibility index (Phi) is 18.0. The van der Waals surface area contributed by atoms with Gasteiger partial charge in [0.25, 0.3) is 0 Å². The van der Waals surface area contributed by atoms with E-state index in [2.05, 4.69) is 13.8 Å². The Morgan fingerprint density at radius 1 is 1.00 bits per heavy atom. The molecule has 0 amide bonds. The topological polar surface area (TPSA) is 42.3 Å². The molecule has 0 atom stereocenters. The Bertz CT molecular complexity index is 91.7. The molecule has 0 unspecified atom stereocenters. The Labute approximate surface area is 131 Å². The summed E-state index contributed by atoms with van der Waals surface area (Å²) in [7, 11) is 0. The molecule has 1 N–H and O–H groups in total. The van der Waals surface area contributed by atoms with E-state index in [1.54, 1.807) is 0 Å². The van der Waals surface area contributed by atoms with Crippen molar-refractivity contribution in [2.45, 2.75) is 20.3 Å². The molecule has 74 valence electrons. The number of rotatable bonds is 8. The van der Waals surface area contributed by atoms with Gasteiger partial charge in [-0.25, -0.2) is 0 Å². The summed E-state index contributed by atoms with van der Waals surface area (Å²) >= 11 is 0. The van der Waals surface area contributed by atoms with Crippen molar-refractivity contribution < 1.29 is 67.7 Å². The zero-order valence-corrected chi connectivity index (χ0v) is 14.1. The van der Waals surface area contributed by atoms with Gasteiger partial charge in [-0.1, -0.05) is 13.8 Å². The van der Waals surface area contributed by atoms with Gasteiger partial charge < -0.3 is 15.2 Å². The van der Waals surface area contributed by atoms with E-state index >= 15 is 0 Å². The van der Waals surface area contributed by atoms with Crippen molar-refractivity contribution >= 4 is 0 Å². The molecule has 4 heteroatoms. The third kappa shape index (κ3) is 16.4. The fraction of sp³-hybridized carbons (Fsp3) is 1.00. The summed E-state index contributed by atoms with van der Waals surface area (Å²) < 4.78 is 10.4. The van der Waals surface area contributed by atoms with Crippen molar-refractivity contribution in [1.29, 1.82) is 0 Å². The van der Waals surface area contributed by atoms with Gasteiger partial charge in [0.15, 0.2) is 0 Å². The summed E-state index contributed by atoms with van der Waals surface area (Å²) in [4.78, 5) is 0. The van der Waals surface area contributed by atoms with Gasteiger partial charge in [0.05, 0.1) is 13.2 Å². The quantitative estimate of drug-likeness (QED) is 0.532. The Balaban J connectivity index is 0. The predicted octanol–water partition coefficient (Wildman–Crippen LogP) is -0.878. The summed E-state index contributed by atoms with van der Waals surface area (Å²) in [6.45, 7) is 7.32. The minimum atomic E-state index is 0. The van der Waals surface area contributed by atoms with Crippen molar-refractivity contribution in [3.8, 4) is 0 Å². The van der Waals surface area contributed by atoms with Crippen LogP contribution in [0.1, 0.15) is 20.3 Å². The van der Waals surface area contributed by atoms with E-state index in [4.69, 9.17) is 15.2 Å². The Morgan fingerprint density at radius 3 is 2.00 bits per heavy atom. The van der Waals surface area contributed by atoms with E-state index in [9.17, 15) is 0 Å². The first kappa shape index (κ1) is 17.1. The minimum Gasteiger partial charge on any atom is -0.676 e. The van der Waals surface area contributed by atoms with Crippen LogP contribution >= 0.6 is 0 Å². The molecule has 0 saturated carbocycles. The molecule has 3 nitrogen and oxygen atoms in total. The second-order valence-corrected chi connectivity index (χ2v) is 3.16. The van der Waals surface area contributed by atoms with Crippen LogP contribution in [0.5, 0.6) is 0 Å². The van der Waals surface area contributed by atoms with E-state index in [0.717, 1.165) is 13.0 Å². The van der Waals surface area contributed by atoms with Crippen LogP contribution in [-0.4, -0.2) is 33.0 Å². The van der Waals surface area contributed by atoms with E-state index in [-0.39, 0.29) is 58.2 Å². The van der Waals surface area contributed by atoms with Crippen LogP contribution in [0.2, 0.25) is 0 Å². The molecule has 0 aliphatic heterocycles. The zero-order valence-electron chi connectivity index (χ0n) is 9.14. The van der Waals surface area contributed by atoms with Crippen molar-refractivity contribution in [3.63, 3.8) is 0 Å². The molecule has 0 spiro atoms. The molecule has 13 heavy (non-hydrogen) atoms. The maximum absolute atomic E-state index is 6.81. The molecule has 0 radical (unpaired) electrons. The van der Waals surface area contributed by atoms with E-state index < -0.39 is 0 Å². The van der Waals surface area contributed by atoms with E-state index in [0.29, 0.717) is 32.3 Å². The second-order valence-electron chi connectivity index (χ2n) is 3.16. The number of hydrogen-bond donors (Lipinski definition) is 0. The number of hydrogen-bond acceptors (Lipinski definition) is 2. The molecular weight excluding hydrogens is 240 g/mol. The maximum atomic E-state index is 6.81. The third-order valence-electron chi connectivity index (χ3n) is 1.46. The second kappa shape index (κ2) is 13.7. The molecular formula is C9H20NO2Rb. The van der Waals surface area contributed by atoms with Gasteiger partial charge in [0.1, 0.15) is 0 Å². The van der Waals surface area contributed by atoms with Gasteiger partial charge in [-0.15, -0.1) is 6.54 Å². The monoisotopic (exact) mass is 259 g/mol. The number of nitrogens with one attached hydrogen (secondary N) is 1. The number of ether oxygens (including phenoxy) is 2. The maximum Gasteiger partial charge on any atom is 1.00 e. The van der Waals surface area contributed by atoms with Gasteiger partial charge >= 0.3 is 58.2 Å². The Hall–Kier alpha value is 1.69. The van der Waals surface area contributed by atoms with Crippen molar-refractivity contribution in [3.05, 3.63) is 5.73 Å². The van der Waals surface area contributed by atoms with Crippen LogP contribution in [0.15, 0.2) is 0 Å². The van der Waals surface area contributed by atoms with E-state index in [1.165, 1.54) is 0 Å². The molecule has 0 aliphatic rings. The van der Waals surface area contributed by atoms with Gasteiger partial charge in [0.2, 0.25) is 0 Å². The molecule has 0 rings (SSSR count). The molecule has 0 bridgehead atoms. The van der Waals surface area contributed by atoms with Crippen LogP contribution in [0, 0.1) is 5.92 Å². The first-order valence-corrected chi connectivity index (χ1v) is 4.57. The van der Waals surface area contributed by atoms with Gasteiger partial charge in [-0.2, -0.15) is 0 Å². The van der Waals surface area contributed by atoms with Crippen LogP contribution in [0.3, 0.4) is 0 Å². The summed E-state index contributed by atoms with van der Waals surface area (Å²) in [5.74, 6) is 0.708. The predicted molar refractivity (Wildman–Crippen MR) is 50.3 cm³/mol. The molecule has 0 fully saturated rings. The zero-order chi connectivity index (χ0) is 9.23. The standard InChI is InChI=1S/C9H20NO2.Rb/c1-9(2)3-5-11-7-8-12-6-4-10;/h9-10H,3-8H2,1-2H3;/q-1;+1. The summed E-state index contributed by atoms with van der Waals surface area (Å²) in [6.07, 6.45) is 1.11. The van der Waals surface area contributed by atoms with E-state index in [1.807, 2.05) is 0 Å². The first-order valence-electron chi connectivity index (χ1n) is 4.57. The average molecular weight is 260 g/mol. The van der Waals surface area contributed by atoms with Crippen molar-refractivity contribution in [1.82, 2.24) is 0 Å². The van der Waals surface area contributed by atoms with Gasteiger partial charge in [0, 0.05) is 13.2 Å². The van der Waals surface area contributed by atoms with Crippen LogP contribution in [0.4, 0.5) is 0 Å². The van der Waals surface area contributed by atoms with Crippen molar-refractivity contribution in [2.24, 2.45) is 5.92 Å². The fourth-order valence-electron chi connectivity index (χ4n) is 0.713.